The summed E-state index contributed by atoms with van der Waals surface area (Å²) in [6.45, 7) is 26.0. The van der Waals surface area contributed by atoms with Crippen molar-refractivity contribution in [1.82, 2.24) is 9.55 Å². The summed E-state index contributed by atoms with van der Waals surface area (Å²) in [6, 6.07) is 61.8. The molecule has 0 saturated carbocycles. The highest BCUT2D eigenvalue weighted by molar-refractivity contribution is 6.10. The number of hydrogen-bond acceptors (Lipinski definition) is 4. The minimum Gasteiger partial charge on any atom is -0.457 e. The Morgan fingerprint density at radius 3 is 1.79 bits per heavy atom. The summed E-state index contributed by atoms with van der Waals surface area (Å²) < 4.78 is 9.21. The molecule has 10 rings (SSSR count). The van der Waals surface area contributed by atoms with E-state index in [1.165, 1.54) is 61.4 Å². The number of ether oxygens (including phenoxy) is 1. The van der Waals surface area contributed by atoms with Gasteiger partial charge in [-0.1, -0.05) is 167 Å². The van der Waals surface area contributed by atoms with Crippen molar-refractivity contribution in [3.63, 3.8) is 0 Å². The Bertz CT molecular complexity index is 3290. The molecule has 0 bridgehead atoms. The van der Waals surface area contributed by atoms with Gasteiger partial charge in [0.15, 0.2) is 0 Å². The maximum atomic E-state index is 6.91. The number of pyridine rings is 1. The molecule has 0 amide bonds. The minimum absolute atomic E-state index is 0.0256. The van der Waals surface area contributed by atoms with Gasteiger partial charge in [0.2, 0.25) is 0 Å². The van der Waals surface area contributed by atoms with Crippen molar-refractivity contribution in [2.24, 2.45) is 0 Å². The third-order valence-electron chi connectivity index (χ3n) is 14.0. The molecule has 0 fully saturated rings. The molecule has 0 radical (unpaired) electrons. The van der Waals surface area contributed by atoms with Crippen LogP contribution < -0.4 is 14.5 Å². The Hall–Kier alpha value is -7.11. The molecule has 68 heavy (non-hydrogen) atoms. The van der Waals surface area contributed by atoms with Crippen LogP contribution in [0.4, 0.5) is 22.7 Å². The van der Waals surface area contributed by atoms with E-state index < -0.39 is 0 Å². The van der Waals surface area contributed by atoms with Crippen LogP contribution in [0.5, 0.6) is 11.5 Å². The first kappa shape index (κ1) is 44.7. The third kappa shape index (κ3) is 8.23. The number of rotatable bonds is 8. The summed E-state index contributed by atoms with van der Waals surface area (Å²) in [4.78, 5) is 9.97. The summed E-state index contributed by atoms with van der Waals surface area (Å²) in [5.74, 6) is 2.42. The fraction of sp³-hybridized carbons (Fsp3) is 0.254. The molecule has 5 heteroatoms. The smallest absolute Gasteiger partial charge is 0.137 e. The van der Waals surface area contributed by atoms with Crippen molar-refractivity contribution in [1.29, 1.82) is 0 Å². The van der Waals surface area contributed by atoms with Gasteiger partial charge in [-0.05, 0) is 122 Å². The highest BCUT2D eigenvalue weighted by Crippen LogP contribution is 2.52. The van der Waals surface area contributed by atoms with E-state index >= 15 is 0 Å². The molecule has 0 unspecified atom stereocenters. The zero-order valence-electron chi connectivity index (χ0n) is 41.6. The van der Waals surface area contributed by atoms with Gasteiger partial charge >= 0.3 is 0 Å². The maximum absolute atomic E-state index is 6.91. The SMILES string of the molecule is CC(C)(C)c1cc(N2CN(c3cccc(Oc4ccc5c6cc(-c7ccccc7)ccc6n(-c6cc(C(C)(C)C)ccn6)c5c4)c3)c3cccc(C(C)(C)c4ccccc4)c32)cc(C(C)(C)C)c1. The van der Waals surface area contributed by atoms with Crippen LogP contribution in [-0.2, 0) is 21.7 Å². The predicted octanol–water partition coefficient (Wildman–Crippen LogP) is 17.1. The van der Waals surface area contributed by atoms with Gasteiger partial charge in [-0.15, -0.1) is 0 Å². The van der Waals surface area contributed by atoms with Crippen molar-refractivity contribution in [2.75, 3.05) is 16.5 Å². The predicted molar refractivity (Wildman–Crippen MR) is 287 cm³/mol. The second kappa shape index (κ2) is 16.6. The maximum Gasteiger partial charge on any atom is 0.137 e. The lowest BCUT2D eigenvalue weighted by molar-refractivity contribution is 0.483. The van der Waals surface area contributed by atoms with Gasteiger partial charge in [-0.25, -0.2) is 4.98 Å². The zero-order chi connectivity index (χ0) is 47.8. The van der Waals surface area contributed by atoms with Crippen LogP contribution in [0.3, 0.4) is 0 Å². The minimum atomic E-state index is -0.270. The Kier molecular flexibility index (Phi) is 10.9. The molecule has 3 heterocycles. The molecule has 1 aliphatic rings. The molecule has 2 aromatic heterocycles. The van der Waals surface area contributed by atoms with Crippen LogP contribution in [0.1, 0.15) is 104 Å². The first-order valence-electron chi connectivity index (χ1n) is 24.1. The Labute approximate surface area is 403 Å². The summed E-state index contributed by atoms with van der Waals surface area (Å²) in [6.07, 6.45) is 1.94. The van der Waals surface area contributed by atoms with E-state index in [4.69, 9.17) is 9.72 Å². The number of benzene rings is 7. The first-order valence-corrected chi connectivity index (χ1v) is 24.1. The van der Waals surface area contributed by atoms with E-state index in [0.717, 1.165) is 39.4 Å². The Morgan fingerprint density at radius 2 is 1.10 bits per heavy atom. The highest BCUT2D eigenvalue weighted by Gasteiger charge is 2.37. The fourth-order valence-electron chi connectivity index (χ4n) is 9.88. The van der Waals surface area contributed by atoms with Crippen molar-refractivity contribution in [3.05, 3.63) is 204 Å². The van der Waals surface area contributed by atoms with Gasteiger partial charge in [0, 0.05) is 45.9 Å². The molecular formula is C63H64N4O. The van der Waals surface area contributed by atoms with Crippen LogP contribution in [0, 0.1) is 0 Å². The van der Waals surface area contributed by atoms with Crippen LogP contribution >= 0.6 is 0 Å². The molecule has 0 N–H and O–H groups in total. The van der Waals surface area contributed by atoms with Crippen molar-refractivity contribution in [3.8, 4) is 28.4 Å². The quantitative estimate of drug-likeness (QED) is 0.152. The first-order chi connectivity index (χ1) is 32.3. The normalized spacial score (nSPS) is 13.4. The standard InChI is InChI=1S/C63H64N4O/c1-60(2,3)45-32-33-64-58(38-45)67-55-31-28-43(42-20-14-12-15-21-42)34-53(55)52-30-29-51(40-57(52)67)68-50-25-18-24-48(39-50)65-41-66(49-36-46(61(4,5)6)35-47(37-49)62(7,8)9)59-54(26-19-27-56(59)65)63(10,11)44-22-16-13-17-23-44/h12-40H,41H2,1-11H3. The van der Waals surface area contributed by atoms with Gasteiger partial charge in [-0.2, -0.15) is 0 Å². The molecular weight excluding hydrogens is 829 g/mol. The summed E-state index contributed by atoms with van der Waals surface area (Å²) in [5.41, 5.74) is 15.3. The van der Waals surface area contributed by atoms with Gasteiger partial charge in [0.25, 0.3) is 0 Å². The molecule has 5 nitrogen and oxygen atoms in total. The molecule has 0 saturated heterocycles. The topological polar surface area (TPSA) is 33.5 Å². The third-order valence-corrected chi connectivity index (χ3v) is 14.0. The van der Waals surface area contributed by atoms with E-state index in [1.54, 1.807) is 0 Å². The van der Waals surface area contributed by atoms with Gasteiger partial charge in [0.05, 0.1) is 22.4 Å². The van der Waals surface area contributed by atoms with Crippen LogP contribution in [0.15, 0.2) is 176 Å². The Morgan fingerprint density at radius 1 is 0.441 bits per heavy atom. The molecule has 9 aromatic rings. The van der Waals surface area contributed by atoms with Crippen LogP contribution in [-0.4, -0.2) is 16.2 Å². The molecule has 0 atom stereocenters. The second-order valence-electron chi connectivity index (χ2n) is 22.3. The Balaban J connectivity index is 1.08. The number of fused-ring (bicyclic) bond motifs is 4. The van der Waals surface area contributed by atoms with Gasteiger partial charge in [-0.3, -0.25) is 4.57 Å². The average Bonchev–Trinajstić information content (AvgIpc) is 3.87. The second-order valence-corrected chi connectivity index (χ2v) is 22.3. The van der Waals surface area contributed by atoms with E-state index in [0.29, 0.717) is 6.67 Å². The highest BCUT2D eigenvalue weighted by atomic mass is 16.5. The van der Waals surface area contributed by atoms with Crippen LogP contribution in [0.2, 0.25) is 0 Å². The molecule has 1 aliphatic heterocycles. The fourth-order valence-corrected chi connectivity index (χ4v) is 9.88. The van der Waals surface area contributed by atoms with Crippen molar-refractivity contribution in [2.45, 2.75) is 97.8 Å². The van der Waals surface area contributed by atoms with Crippen LogP contribution in [0.25, 0.3) is 38.8 Å². The lowest BCUT2D eigenvalue weighted by Crippen LogP contribution is -2.27. The van der Waals surface area contributed by atoms with Crippen molar-refractivity contribution >= 4 is 44.6 Å². The van der Waals surface area contributed by atoms with Gasteiger partial charge < -0.3 is 14.5 Å². The number of para-hydroxylation sites is 1. The summed E-state index contributed by atoms with van der Waals surface area (Å²) >= 11 is 0. The number of anilines is 4. The lowest BCUT2D eigenvalue weighted by Gasteiger charge is -2.33. The van der Waals surface area contributed by atoms with E-state index in [2.05, 4.69) is 260 Å². The van der Waals surface area contributed by atoms with E-state index in [9.17, 15) is 0 Å². The monoisotopic (exact) mass is 893 g/mol. The largest absolute Gasteiger partial charge is 0.457 e. The van der Waals surface area contributed by atoms with E-state index in [1.807, 2.05) is 6.20 Å². The zero-order valence-corrected chi connectivity index (χ0v) is 41.6. The molecule has 0 aliphatic carbocycles. The van der Waals surface area contributed by atoms with Gasteiger partial charge in [0.1, 0.15) is 24.0 Å². The van der Waals surface area contributed by atoms with Crippen molar-refractivity contribution < 1.29 is 4.74 Å². The number of aromatic nitrogens is 2. The lowest BCUT2D eigenvalue weighted by atomic mass is 9.76. The molecule has 7 aromatic carbocycles. The number of hydrogen-bond donors (Lipinski definition) is 0. The van der Waals surface area contributed by atoms with E-state index in [-0.39, 0.29) is 21.7 Å². The summed E-state index contributed by atoms with van der Waals surface area (Å²) in [5, 5.41) is 2.32. The molecule has 342 valence electrons. The average molecular weight is 893 g/mol. The summed E-state index contributed by atoms with van der Waals surface area (Å²) in [7, 11) is 0. The number of nitrogens with zero attached hydrogens (tertiary/aromatic N) is 4. The molecule has 0 spiro atoms.